The van der Waals surface area contributed by atoms with Crippen molar-refractivity contribution in [2.75, 3.05) is 0 Å². The lowest BCUT2D eigenvalue weighted by Crippen LogP contribution is -2.21. The van der Waals surface area contributed by atoms with Crippen LogP contribution >= 0.6 is 11.6 Å². The first-order valence-electron chi connectivity index (χ1n) is 7.59. The largest absolute Gasteiger partial charge is 0.487 e. The van der Waals surface area contributed by atoms with Crippen LogP contribution in [0, 0.1) is 6.92 Å². The van der Waals surface area contributed by atoms with E-state index < -0.39 is 5.56 Å². The lowest BCUT2D eigenvalue weighted by molar-refractivity contribution is 0.147. The number of hydrogen-bond donors (Lipinski definition) is 1. The third-order valence-electron chi connectivity index (χ3n) is 3.49. The fourth-order valence-electron chi connectivity index (χ4n) is 2.27. The first-order chi connectivity index (χ1) is 12.0. The van der Waals surface area contributed by atoms with Gasteiger partial charge in [-0.3, -0.25) is 4.79 Å². The summed E-state index contributed by atoms with van der Waals surface area (Å²) in [6, 6.07) is 17.2. The Morgan fingerprint density at radius 1 is 0.960 bits per heavy atom. The van der Waals surface area contributed by atoms with Crippen molar-refractivity contribution in [3.05, 3.63) is 87.3 Å². The summed E-state index contributed by atoms with van der Waals surface area (Å²) < 4.78 is 11.9. The summed E-state index contributed by atoms with van der Waals surface area (Å²) in [6.45, 7) is 1.86. The molecule has 0 aliphatic heterocycles. The highest BCUT2D eigenvalue weighted by molar-refractivity contribution is 6.30. The van der Waals surface area contributed by atoms with Gasteiger partial charge in [0.2, 0.25) is 0 Å². The van der Waals surface area contributed by atoms with Gasteiger partial charge in [-0.1, -0.05) is 11.6 Å². The van der Waals surface area contributed by atoms with Crippen molar-refractivity contribution in [3.63, 3.8) is 0 Å². The molecule has 0 spiro atoms. The zero-order valence-corrected chi connectivity index (χ0v) is 14.2. The molecule has 0 atom stereocenters. The van der Waals surface area contributed by atoms with E-state index in [4.69, 9.17) is 21.1 Å². The van der Waals surface area contributed by atoms with Crippen LogP contribution in [0.25, 0.3) is 0 Å². The Labute approximate surface area is 149 Å². The molecule has 0 fully saturated rings. The fraction of sp³-hybridized carbons (Fsp3) is 0.105. The van der Waals surface area contributed by atoms with Crippen molar-refractivity contribution in [1.82, 2.24) is 4.73 Å². The molecular formula is C19H16ClNO4. The lowest BCUT2D eigenvalue weighted by Gasteiger charge is -2.10. The van der Waals surface area contributed by atoms with Gasteiger partial charge in [0.1, 0.15) is 23.9 Å². The first-order valence-corrected chi connectivity index (χ1v) is 7.97. The fourth-order valence-corrected chi connectivity index (χ4v) is 2.39. The molecule has 3 aromatic rings. The van der Waals surface area contributed by atoms with Gasteiger partial charge < -0.3 is 14.7 Å². The summed E-state index contributed by atoms with van der Waals surface area (Å²) in [5.41, 5.74) is 0.664. The number of pyridine rings is 1. The molecule has 3 rings (SSSR count). The van der Waals surface area contributed by atoms with Crippen LogP contribution in [-0.2, 0) is 6.61 Å². The van der Waals surface area contributed by atoms with E-state index in [9.17, 15) is 10.0 Å². The highest BCUT2D eigenvalue weighted by Crippen LogP contribution is 2.25. The summed E-state index contributed by atoms with van der Waals surface area (Å²) in [7, 11) is 0. The topological polar surface area (TPSA) is 60.7 Å². The molecule has 0 radical (unpaired) electrons. The predicted molar refractivity (Wildman–Crippen MR) is 94.9 cm³/mol. The van der Waals surface area contributed by atoms with Crippen LogP contribution in [0.3, 0.4) is 0 Å². The molecule has 6 heteroatoms. The molecule has 0 saturated carbocycles. The van der Waals surface area contributed by atoms with Crippen molar-refractivity contribution < 1.29 is 14.7 Å². The normalized spacial score (nSPS) is 10.5. The van der Waals surface area contributed by atoms with Crippen LogP contribution in [0.2, 0.25) is 5.02 Å². The smallest absolute Gasteiger partial charge is 0.283 e. The third-order valence-corrected chi connectivity index (χ3v) is 3.74. The average Bonchev–Trinajstić information content (AvgIpc) is 2.60. The molecule has 0 aliphatic carbocycles. The van der Waals surface area contributed by atoms with Gasteiger partial charge in [0, 0.05) is 11.1 Å². The molecule has 5 nitrogen and oxygen atoms in total. The van der Waals surface area contributed by atoms with E-state index in [0.717, 1.165) is 5.56 Å². The van der Waals surface area contributed by atoms with Gasteiger partial charge in [0.15, 0.2) is 0 Å². The second-order valence-electron chi connectivity index (χ2n) is 5.49. The second kappa shape index (κ2) is 7.32. The molecule has 1 heterocycles. The van der Waals surface area contributed by atoms with Gasteiger partial charge in [0.25, 0.3) is 5.56 Å². The van der Waals surface area contributed by atoms with E-state index in [2.05, 4.69) is 0 Å². The Morgan fingerprint density at radius 3 is 2.16 bits per heavy atom. The highest BCUT2D eigenvalue weighted by Gasteiger charge is 2.05. The van der Waals surface area contributed by atoms with Crippen LogP contribution in [0.5, 0.6) is 17.2 Å². The monoisotopic (exact) mass is 357 g/mol. The molecule has 1 aromatic heterocycles. The van der Waals surface area contributed by atoms with Crippen LogP contribution < -0.4 is 15.0 Å². The Kier molecular flexibility index (Phi) is 4.95. The number of halogens is 1. The van der Waals surface area contributed by atoms with Crippen LogP contribution in [0.15, 0.2) is 65.5 Å². The van der Waals surface area contributed by atoms with Crippen molar-refractivity contribution in [2.45, 2.75) is 13.5 Å². The van der Waals surface area contributed by atoms with Crippen LogP contribution in [-0.4, -0.2) is 9.94 Å². The Morgan fingerprint density at radius 2 is 1.52 bits per heavy atom. The van der Waals surface area contributed by atoms with Crippen LogP contribution in [0.4, 0.5) is 0 Å². The van der Waals surface area contributed by atoms with Gasteiger partial charge in [-0.25, -0.2) is 0 Å². The van der Waals surface area contributed by atoms with Crippen molar-refractivity contribution in [3.8, 4) is 17.2 Å². The van der Waals surface area contributed by atoms with E-state index in [1.165, 1.54) is 6.07 Å². The Hall–Kier alpha value is -2.92. The summed E-state index contributed by atoms with van der Waals surface area (Å²) in [4.78, 5) is 11.5. The third kappa shape index (κ3) is 4.33. The van der Waals surface area contributed by atoms with Crippen molar-refractivity contribution in [2.24, 2.45) is 0 Å². The SMILES string of the molecule is Cc1cc(COc2ccc(Oc3ccc(Cl)cc3)cc2)n(O)c(=O)c1. The number of aryl methyl sites for hydroxylation is 1. The van der Waals surface area contributed by atoms with Crippen LogP contribution in [0.1, 0.15) is 11.3 Å². The maximum absolute atomic E-state index is 11.5. The van der Waals surface area contributed by atoms with Gasteiger partial charge in [-0.2, -0.15) is 0 Å². The van der Waals surface area contributed by atoms with Gasteiger partial charge in [-0.15, -0.1) is 4.73 Å². The quantitative estimate of drug-likeness (QED) is 0.687. The first kappa shape index (κ1) is 16.9. The minimum atomic E-state index is -0.481. The molecule has 0 aliphatic rings. The summed E-state index contributed by atoms with van der Waals surface area (Å²) in [5, 5.41) is 10.4. The number of nitrogens with zero attached hydrogens (tertiary/aromatic N) is 1. The average molecular weight is 358 g/mol. The van der Waals surface area contributed by atoms with E-state index in [1.807, 2.05) is 0 Å². The van der Waals surface area contributed by atoms with Gasteiger partial charge in [-0.05, 0) is 67.1 Å². The van der Waals surface area contributed by atoms with E-state index >= 15 is 0 Å². The summed E-state index contributed by atoms with van der Waals surface area (Å²) in [5.74, 6) is 1.93. The maximum Gasteiger partial charge on any atom is 0.283 e. The van der Waals surface area contributed by atoms with Gasteiger partial charge in [0.05, 0.1) is 5.69 Å². The molecule has 1 N–H and O–H groups in total. The number of hydrogen-bond acceptors (Lipinski definition) is 4. The van der Waals surface area contributed by atoms with E-state index in [-0.39, 0.29) is 6.61 Å². The summed E-state index contributed by atoms with van der Waals surface area (Å²) in [6.07, 6.45) is 0. The number of rotatable bonds is 5. The second-order valence-corrected chi connectivity index (χ2v) is 5.93. The number of benzene rings is 2. The minimum Gasteiger partial charge on any atom is -0.487 e. The summed E-state index contributed by atoms with van der Waals surface area (Å²) >= 11 is 5.84. The lowest BCUT2D eigenvalue weighted by atomic mass is 10.2. The number of ether oxygens (including phenoxy) is 2. The highest BCUT2D eigenvalue weighted by atomic mass is 35.5. The predicted octanol–water partition coefficient (Wildman–Crippen LogP) is 4.42. The van der Waals surface area contributed by atoms with E-state index in [1.54, 1.807) is 61.5 Å². The molecule has 25 heavy (non-hydrogen) atoms. The zero-order valence-electron chi connectivity index (χ0n) is 13.5. The molecule has 128 valence electrons. The van der Waals surface area contributed by atoms with Crippen molar-refractivity contribution in [1.29, 1.82) is 0 Å². The molecule has 2 aromatic carbocycles. The molecule has 0 bridgehead atoms. The van der Waals surface area contributed by atoms with E-state index in [0.29, 0.717) is 32.7 Å². The minimum absolute atomic E-state index is 0.0742. The van der Waals surface area contributed by atoms with Crippen molar-refractivity contribution >= 4 is 11.6 Å². The maximum atomic E-state index is 11.5. The molecule has 0 unspecified atom stereocenters. The Bertz CT molecular complexity index is 918. The van der Waals surface area contributed by atoms with Gasteiger partial charge >= 0.3 is 0 Å². The zero-order chi connectivity index (χ0) is 17.8. The molecule has 0 amide bonds. The standard InChI is InChI=1S/C19H16ClNO4/c1-13-10-15(21(23)19(22)11-13)12-24-16-6-8-18(9-7-16)25-17-4-2-14(20)3-5-17/h2-11,23H,12H2,1H3. The Balaban J connectivity index is 1.65. The molecular weight excluding hydrogens is 342 g/mol. The number of aromatic nitrogens is 1. The molecule has 0 saturated heterocycles.